The second-order valence-corrected chi connectivity index (χ2v) is 4.81. The molecule has 0 unspecified atom stereocenters. The second-order valence-electron chi connectivity index (χ2n) is 4.81. The minimum atomic E-state index is -0.937. The maximum absolute atomic E-state index is 10.5. The first kappa shape index (κ1) is 19.8. The van der Waals surface area contributed by atoms with E-state index in [2.05, 4.69) is 0 Å². The quantitative estimate of drug-likeness (QED) is 0.343. The van der Waals surface area contributed by atoms with Crippen molar-refractivity contribution < 1.29 is 19.8 Å². The standard InChI is InChI=1S/C10H10O3.C6H14N2O/c1-7(10(12)13)6-8-2-4-9(11)5-3-8;7-4-2-1-3-6(8)5-9/h2-6,11H,1H3,(H,12,13);5-6H,1-4,7-8H2/t;6-/m.0/s1. The van der Waals surface area contributed by atoms with Crippen molar-refractivity contribution in [1.82, 2.24) is 0 Å². The van der Waals surface area contributed by atoms with Gasteiger partial charge >= 0.3 is 5.97 Å². The first-order chi connectivity index (χ1) is 10.4. The molecular weight excluding hydrogens is 284 g/mol. The van der Waals surface area contributed by atoms with E-state index in [1.165, 1.54) is 19.1 Å². The molecule has 0 saturated heterocycles. The van der Waals surface area contributed by atoms with Crippen molar-refractivity contribution in [3.63, 3.8) is 0 Å². The minimum Gasteiger partial charge on any atom is -0.508 e. The molecule has 1 rings (SSSR count). The lowest BCUT2D eigenvalue weighted by molar-refractivity contribution is -0.132. The van der Waals surface area contributed by atoms with Crippen LogP contribution in [0.1, 0.15) is 31.7 Å². The molecule has 6 nitrogen and oxygen atoms in total. The van der Waals surface area contributed by atoms with Gasteiger partial charge in [0.05, 0.1) is 6.04 Å². The van der Waals surface area contributed by atoms with Crippen molar-refractivity contribution in [2.45, 2.75) is 32.2 Å². The van der Waals surface area contributed by atoms with E-state index in [0.717, 1.165) is 31.1 Å². The fourth-order valence-electron chi connectivity index (χ4n) is 1.47. The van der Waals surface area contributed by atoms with Crippen LogP contribution in [-0.4, -0.2) is 35.1 Å². The number of aldehydes is 1. The summed E-state index contributed by atoms with van der Waals surface area (Å²) in [5.41, 5.74) is 11.6. The number of carboxylic acids is 1. The van der Waals surface area contributed by atoms with E-state index in [0.29, 0.717) is 6.54 Å². The number of hydrogen-bond donors (Lipinski definition) is 4. The van der Waals surface area contributed by atoms with Crippen molar-refractivity contribution >= 4 is 18.3 Å². The first-order valence-electron chi connectivity index (χ1n) is 7.02. The van der Waals surface area contributed by atoms with E-state index in [1.807, 2.05) is 0 Å². The number of carboxylic acid groups (broad SMARTS) is 1. The predicted molar refractivity (Wildman–Crippen MR) is 86.3 cm³/mol. The zero-order valence-electron chi connectivity index (χ0n) is 12.7. The van der Waals surface area contributed by atoms with Gasteiger partial charge in [0.15, 0.2) is 0 Å². The summed E-state index contributed by atoms with van der Waals surface area (Å²) in [6.45, 7) is 2.21. The van der Waals surface area contributed by atoms with Crippen LogP contribution in [0.2, 0.25) is 0 Å². The molecule has 1 aromatic rings. The Morgan fingerprint density at radius 3 is 2.32 bits per heavy atom. The highest BCUT2D eigenvalue weighted by molar-refractivity contribution is 5.91. The highest BCUT2D eigenvalue weighted by Crippen LogP contribution is 2.12. The lowest BCUT2D eigenvalue weighted by atomic mass is 10.1. The van der Waals surface area contributed by atoms with Crippen LogP contribution in [0.5, 0.6) is 5.75 Å². The number of benzene rings is 1. The zero-order valence-corrected chi connectivity index (χ0v) is 12.7. The lowest BCUT2D eigenvalue weighted by Crippen LogP contribution is -2.21. The van der Waals surface area contributed by atoms with Gasteiger partial charge in [-0.25, -0.2) is 4.79 Å². The SMILES string of the molecule is CC(=Cc1ccc(O)cc1)C(=O)O.NCCCC[C@H](N)C=O. The van der Waals surface area contributed by atoms with Gasteiger partial charge in [0.25, 0.3) is 0 Å². The van der Waals surface area contributed by atoms with Crippen molar-refractivity contribution in [2.75, 3.05) is 6.54 Å². The van der Waals surface area contributed by atoms with E-state index in [4.69, 9.17) is 21.7 Å². The third-order valence-corrected chi connectivity index (χ3v) is 2.78. The molecule has 6 N–H and O–H groups in total. The van der Waals surface area contributed by atoms with Gasteiger partial charge < -0.3 is 26.5 Å². The molecule has 0 aromatic heterocycles. The number of rotatable bonds is 7. The van der Waals surface area contributed by atoms with Gasteiger partial charge in [0.2, 0.25) is 0 Å². The summed E-state index contributed by atoms with van der Waals surface area (Å²) in [5.74, 6) is -0.766. The number of hydrogen-bond acceptors (Lipinski definition) is 5. The first-order valence-corrected chi connectivity index (χ1v) is 7.02. The zero-order chi connectivity index (χ0) is 17.0. The second kappa shape index (κ2) is 11.5. The van der Waals surface area contributed by atoms with Crippen LogP contribution in [0.3, 0.4) is 0 Å². The largest absolute Gasteiger partial charge is 0.508 e. The minimum absolute atomic E-state index is 0.171. The molecule has 122 valence electrons. The van der Waals surface area contributed by atoms with Gasteiger partial charge in [0.1, 0.15) is 12.0 Å². The fourth-order valence-corrected chi connectivity index (χ4v) is 1.47. The number of aliphatic carboxylic acids is 1. The van der Waals surface area contributed by atoms with Crippen LogP contribution in [0.4, 0.5) is 0 Å². The van der Waals surface area contributed by atoms with Gasteiger partial charge in [-0.1, -0.05) is 18.6 Å². The van der Waals surface area contributed by atoms with Gasteiger partial charge in [-0.05, 0) is 50.1 Å². The molecule has 0 aliphatic carbocycles. The third-order valence-electron chi connectivity index (χ3n) is 2.78. The number of carbonyl (C=O) groups is 2. The lowest BCUT2D eigenvalue weighted by Gasteiger charge is -2.00. The molecule has 0 heterocycles. The highest BCUT2D eigenvalue weighted by Gasteiger charge is 1.99. The topological polar surface area (TPSA) is 127 Å². The van der Waals surface area contributed by atoms with Crippen molar-refractivity contribution in [3.05, 3.63) is 35.4 Å². The number of aromatic hydroxyl groups is 1. The Hall–Kier alpha value is -2.18. The summed E-state index contributed by atoms with van der Waals surface area (Å²) in [4.78, 5) is 20.4. The summed E-state index contributed by atoms with van der Waals surface area (Å²) >= 11 is 0. The van der Waals surface area contributed by atoms with E-state index in [-0.39, 0.29) is 17.4 Å². The number of carbonyl (C=O) groups excluding carboxylic acids is 1. The van der Waals surface area contributed by atoms with Crippen LogP contribution >= 0.6 is 0 Å². The third kappa shape index (κ3) is 9.68. The maximum atomic E-state index is 10.5. The maximum Gasteiger partial charge on any atom is 0.331 e. The van der Waals surface area contributed by atoms with Crippen LogP contribution < -0.4 is 11.5 Å². The molecule has 0 bridgehead atoms. The van der Waals surface area contributed by atoms with Crippen LogP contribution in [0.25, 0.3) is 6.08 Å². The Morgan fingerprint density at radius 1 is 1.27 bits per heavy atom. The summed E-state index contributed by atoms with van der Waals surface area (Å²) in [6.07, 6.45) is 5.00. The van der Waals surface area contributed by atoms with Crippen molar-refractivity contribution in [1.29, 1.82) is 0 Å². The Labute approximate surface area is 130 Å². The van der Waals surface area contributed by atoms with Crippen molar-refractivity contribution in [2.24, 2.45) is 11.5 Å². The highest BCUT2D eigenvalue weighted by atomic mass is 16.4. The molecule has 1 atom stereocenters. The Kier molecular flexibility index (Phi) is 10.3. The molecule has 0 aliphatic heterocycles. The fraction of sp³-hybridized carbons (Fsp3) is 0.375. The summed E-state index contributed by atoms with van der Waals surface area (Å²) < 4.78 is 0. The molecule has 0 fully saturated rings. The number of phenolic OH excluding ortho intramolecular Hbond substituents is 1. The number of phenols is 1. The van der Waals surface area contributed by atoms with Crippen LogP contribution in [0.15, 0.2) is 29.8 Å². The molecule has 22 heavy (non-hydrogen) atoms. The van der Waals surface area contributed by atoms with Gasteiger partial charge in [-0.3, -0.25) is 0 Å². The van der Waals surface area contributed by atoms with E-state index in [1.54, 1.807) is 18.2 Å². The smallest absolute Gasteiger partial charge is 0.331 e. The van der Waals surface area contributed by atoms with Gasteiger partial charge in [0, 0.05) is 5.57 Å². The molecule has 1 aromatic carbocycles. The summed E-state index contributed by atoms with van der Waals surface area (Å²) in [6, 6.07) is 6.06. The Bertz CT molecular complexity index is 483. The number of unbranched alkanes of at least 4 members (excludes halogenated alkanes) is 1. The average Bonchev–Trinajstić information content (AvgIpc) is 2.50. The molecule has 0 aliphatic rings. The molecule has 0 amide bonds. The summed E-state index contributed by atoms with van der Waals surface area (Å²) in [7, 11) is 0. The van der Waals surface area contributed by atoms with Crippen LogP contribution in [0, 0.1) is 0 Å². The molecule has 0 saturated carbocycles. The predicted octanol–water partition coefficient (Wildman–Crippen LogP) is 1.52. The van der Waals surface area contributed by atoms with E-state index in [9.17, 15) is 9.59 Å². The Morgan fingerprint density at radius 2 is 1.86 bits per heavy atom. The normalized spacial score (nSPS) is 12.0. The van der Waals surface area contributed by atoms with Crippen LogP contribution in [-0.2, 0) is 9.59 Å². The average molecular weight is 308 g/mol. The monoisotopic (exact) mass is 308 g/mol. The van der Waals surface area contributed by atoms with Crippen molar-refractivity contribution in [3.8, 4) is 5.75 Å². The summed E-state index contributed by atoms with van der Waals surface area (Å²) in [5, 5.41) is 17.5. The number of nitrogens with two attached hydrogens (primary N) is 2. The van der Waals surface area contributed by atoms with E-state index >= 15 is 0 Å². The molecule has 6 heteroatoms. The van der Waals surface area contributed by atoms with E-state index < -0.39 is 5.97 Å². The van der Waals surface area contributed by atoms with Gasteiger partial charge in [-0.2, -0.15) is 0 Å². The van der Waals surface area contributed by atoms with Gasteiger partial charge in [-0.15, -0.1) is 0 Å². The molecular formula is C16H24N2O4. The Balaban J connectivity index is 0.000000433. The molecule has 0 radical (unpaired) electrons. The molecule has 0 spiro atoms.